The summed E-state index contributed by atoms with van der Waals surface area (Å²) in [6.45, 7) is 11.8. The molecule has 0 aromatic rings. The van der Waals surface area contributed by atoms with E-state index in [0.717, 1.165) is 83.5 Å². The maximum atomic E-state index is 11.1. The van der Waals surface area contributed by atoms with Gasteiger partial charge in [0.25, 0.3) is 0 Å². The summed E-state index contributed by atoms with van der Waals surface area (Å²) in [4.78, 5) is 34.6. The maximum absolute atomic E-state index is 11.1. The SMILES string of the molecule is C.C.C.CCCCCC(C)(O)/C=C/[C@@H]1[C@@H](C/C=C\CCCC(=O)O)[C@@H](O)C[C@H]1O.CCCCCC(C)(O)/C=C/[C@@H]1[C@@H](C/C=C\CCCC(=O)OC)[C@@H](O)C[C@H]1O.CCCCC[C@](C)(O)/C=C/[C@@H]1[C@@H](C/C=C\CCCC(=O)OC)[C@@H](O)C[C@H]1O.CI. The minimum Gasteiger partial charge on any atom is -0.481 e. The number of esters is 2. The molecule has 16 heteroatoms. The Balaban J connectivity index is -0.000000560. The highest BCUT2D eigenvalue weighted by molar-refractivity contribution is 14.1. The fraction of sp³-hybridized carbons (Fsp3) is 0.783. The van der Waals surface area contributed by atoms with Crippen LogP contribution in [-0.4, -0.2) is 142 Å². The highest BCUT2D eigenvalue weighted by Gasteiger charge is 2.42. The minimum absolute atomic E-state index is 0. The molecular weight excluding hydrogens is 1200 g/mol. The van der Waals surface area contributed by atoms with E-state index in [-0.39, 0.29) is 76.1 Å². The van der Waals surface area contributed by atoms with E-state index in [2.05, 4.69) is 52.8 Å². The number of allylic oxidation sites excluding steroid dienone is 6. The standard InChI is InChI=1S/2C22H38O5.C21H36O5.CH3I.3CH4/c2*1-4-5-10-14-22(2,26)15-13-18-17(19(23)16-20(18)24)11-8-6-7-9-12-21(25)27-3;1-3-4-9-13-21(2,26)14-12-17-16(18(22)15-19(17)23)10-7-5-6-8-11-20(24)25;1-2;;;/h2*6,8,13,15,17-20,23-24,26H,4-5,7,9-12,14,16H2,1-3H3;5,7,12,14,16-19,22-23,26H,3-4,6,8-11,13,15H2,1-2H3,(H,24,25);1H3;3*1H4/b2*8-6-,15-13+;7-5-,14-12+;;;;/t17-,18-,19+,20-,22?;17-,18-,19+,20-,22+;16-,17-,18+,19-,21?;;;;/m111..../s1. The largest absolute Gasteiger partial charge is 0.481 e. The lowest BCUT2D eigenvalue weighted by Gasteiger charge is -2.23. The minimum atomic E-state index is -0.889. The van der Waals surface area contributed by atoms with E-state index >= 15 is 0 Å². The molecule has 3 aliphatic carbocycles. The molecular formula is C69H127IO15. The van der Waals surface area contributed by atoms with Gasteiger partial charge in [0.2, 0.25) is 0 Å². The van der Waals surface area contributed by atoms with Crippen LogP contribution >= 0.6 is 22.6 Å². The molecule has 0 saturated heterocycles. The van der Waals surface area contributed by atoms with Crippen LogP contribution in [0.4, 0.5) is 0 Å². The Bertz CT molecular complexity index is 1770. The second kappa shape index (κ2) is 51.0. The van der Waals surface area contributed by atoms with Crippen LogP contribution in [0.2, 0.25) is 0 Å². The van der Waals surface area contributed by atoms with E-state index in [1.165, 1.54) is 14.2 Å². The number of rotatable bonds is 36. The molecule has 0 aliphatic heterocycles. The summed E-state index contributed by atoms with van der Waals surface area (Å²) < 4.78 is 9.22. The number of carboxylic acid groups (broad SMARTS) is 1. The molecule has 3 aliphatic rings. The van der Waals surface area contributed by atoms with Crippen LogP contribution in [0.5, 0.6) is 0 Å². The van der Waals surface area contributed by atoms with Gasteiger partial charge in [-0.05, 0) is 121 Å². The van der Waals surface area contributed by atoms with Gasteiger partial charge in [-0.15, -0.1) is 0 Å². The zero-order chi connectivity index (χ0) is 62.2. The Morgan fingerprint density at radius 2 is 0.694 bits per heavy atom. The second-order valence-electron chi connectivity index (χ2n) is 23.7. The molecule has 15 atom stereocenters. The molecule has 10 N–H and O–H groups in total. The molecule has 0 aromatic carbocycles. The zero-order valence-corrected chi connectivity index (χ0v) is 54.0. The second-order valence-corrected chi connectivity index (χ2v) is 23.7. The summed E-state index contributed by atoms with van der Waals surface area (Å²) in [5.74, 6) is -1.87. The summed E-state index contributed by atoms with van der Waals surface area (Å²) in [6, 6.07) is 0. The highest BCUT2D eigenvalue weighted by atomic mass is 127. The number of unbranched alkanes of at least 4 members (excludes halogenated alkanes) is 9. The molecule has 15 nitrogen and oxygen atoms in total. The molecule has 3 saturated carbocycles. The molecule has 0 amide bonds. The van der Waals surface area contributed by atoms with Gasteiger partial charge in [0, 0.05) is 56.3 Å². The summed E-state index contributed by atoms with van der Waals surface area (Å²) >= 11 is 2.15. The van der Waals surface area contributed by atoms with Gasteiger partial charge < -0.3 is 60.5 Å². The van der Waals surface area contributed by atoms with Crippen molar-refractivity contribution < 1.29 is 74.9 Å². The van der Waals surface area contributed by atoms with Crippen molar-refractivity contribution in [3.05, 3.63) is 72.9 Å². The van der Waals surface area contributed by atoms with Crippen LogP contribution in [0.15, 0.2) is 72.9 Å². The summed E-state index contributed by atoms with van der Waals surface area (Å²) in [5, 5.41) is 102. The number of carbonyl (C=O) groups is 3. The Morgan fingerprint density at radius 1 is 0.435 bits per heavy atom. The van der Waals surface area contributed by atoms with Crippen molar-refractivity contribution in [3.63, 3.8) is 0 Å². The third-order valence-corrected chi connectivity index (χ3v) is 16.1. The van der Waals surface area contributed by atoms with Crippen LogP contribution in [0.25, 0.3) is 0 Å². The van der Waals surface area contributed by atoms with Crippen molar-refractivity contribution >= 4 is 40.5 Å². The number of ether oxygens (including phenoxy) is 2. The van der Waals surface area contributed by atoms with Crippen molar-refractivity contribution in [1.82, 2.24) is 0 Å². The van der Waals surface area contributed by atoms with Gasteiger partial charge in [-0.1, -0.05) is 196 Å². The summed E-state index contributed by atoms with van der Waals surface area (Å²) in [6.07, 6.45) is 39.6. The Kier molecular flexibility index (Phi) is 53.2. The van der Waals surface area contributed by atoms with Gasteiger partial charge in [0.05, 0.1) is 67.6 Å². The Hall–Kier alpha value is -2.78. The number of carbonyl (C=O) groups excluding carboxylic acids is 2. The molecule has 3 fully saturated rings. The van der Waals surface area contributed by atoms with Gasteiger partial charge in [0.15, 0.2) is 0 Å². The normalized spacial score (nSPS) is 26.7. The molecule has 85 heavy (non-hydrogen) atoms. The average molecular weight is 1320 g/mol. The predicted molar refractivity (Wildman–Crippen MR) is 357 cm³/mol. The first-order valence-corrected chi connectivity index (χ1v) is 33.0. The number of halogens is 1. The number of aliphatic hydroxyl groups is 9. The van der Waals surface area contributed by atoms with Gasteiger partial charge in [-0.2, -0.15) is 0 Å². The fourth-order valence-corrected chi connectivity index (χ4v) is 10.9. The van der Waals surface area contributed by atoms with Crippen molar-refractivity contribution in [2.75, 3.05) is 19.2 Å². The smallest absolute Gasteiger partial charge is 0.305 e. The van der Waals surface area contributed by atoms with Crippen LogP contribution < -0.4 is 0 Å². The molecule has 0 bridgehead atoms. The number of methoxy groups -OCH3 is 2. The topological polar surface area (TPSA) is 272 Å². The van der Waals surface area contributed by atoms with Gasteiger partial charge >= 0.3 is 17.9 Å². The van der Waals surface area contributed by atoms with E-state index < -0.39 is 59.4 Å². The van der Waals surface area contributed by atoms with E-state index in [0.29, 0.717) is 83.5 Å². The quantitative estimate of drug-likeness (QED) is 0.00919. The number of alkyl halides is 1. The first-order valence-electron chi connectivity index (χ1n) is 30.9. The predicted octanol–water partition coefficient (Wildman–Crippen LogP) is 13.4. The van der Waals surface area contributed by atoms with E-state index in [4.69, 9.17) is 5.11 Å². The molecule has 3 rings (SSSR count). The fourth-order valence-electron chi connectivity index (χ4n) is 10.9. The molecule has 0 aromatic heterocycles. The van der Waals surface area contributed by atoms with Gasteiger partial charge in [0.1, 0.15) is 0 Å². The Morgan fingerprint density at radius 3 is 0.929 bits per heavy atom. The monoisotopic (exact) mass is 1320 g/mol. The number of carboxylic acids is 1. The van der Waals surface area contributed by atoms with Crippen LogP contribution in [0.3, 0.4) is 0 Å². The number of aliphatic carboxylic acids is 1. The first kappa shape index (κ1) is 88.6. The van der Waals surface area contributed by atoms with Gasteiger partial charge in [-0.3, -0.25) is 14.4 Å². The number of hydrogen-bond donors (Lipinski definition) is 10. The van der Waals surface area contributed by atoms with E-state index in [1.54, 1.807) is 39.0 Å². The zero-order valence-electron chi connectivity index (χ0n) is 51.8. The first-order chi connectivity index (χ1) is 38.9. The van der Waals surface area contributed by atoms with Crippen molar-refractivity contribution in [2.24, 2.45) is 35.5 Å². The number of aliphatic hydroxyl groups excluding tert-OH is 6. The van der Waals surface area contributed by atoms with Crippen molar-refractivity contribution in [2.45, 2.75) is 291 Å². The van der Waals surface area contributed by atoms with Gasteiger partial charge in [-0.25, -0.2) is 0 Å². The maximum Gasteiger partial charge on any atom is 0.305 e. The van der Waals surface area contributed by atoms with Crippen LogP contribution in [-0.2, 0) is 23.9 Å². The lowest BCUT2D eigenvalue weighted by Crippen LogP contribution is -2.24. The van der Waals surface area contributed by atoms with Crippen molar-refractivity contribution in [3.8, 4) is 0 Å². The number of hydrogen-bond acceptors (Lipinski definition) is 14. The average Bonchev–Trinajstić information content (AvgIpc) is 4.01. The molecule has 0 spiro atoms. The summed E-state index contributed by atoms with van der Waals surface area (Å²) in [5.41, 5.74) is -2.65. The lowest BCUT2D eigenvalue weighted by atomic mass is 9.88. The molecule has 500 valence electrons. The molecule has 2 unspecified atom stereocenters. The van der Waals surface area contributed by atoms with E-state index in [9.17, 15) is 60.3 Å². The molecule has 0 radical (unpaired) electrons. The van der Waals surface area contributed by atoms with Crippen LogP contribution in [0, 0.1) is 35.5 Å². The highest BCUT2D eigenvalue weighted by Crippen LogP contribution is 2.39. The van der Waals surface area contributed by atoms with E-state index in [1.807, 2.05) is 59.6 Å². The Labute approximate surface area is 530 Å². The third kappa shape index (κ3) is 40.5. The third-order valence-electron chi connectivity index (χ3n) is 16.1. The molecule has 0 heterocycles. The lowest BCUT2D eigenvalue weighted by molar-refractivity contribution is -0.141. The van der Waals surface area contributed by atoms with Crippen LogP contribution in [0.1, 0.15) is 237 Å². The summed E-state index contributed by atoms with van der Waals surface area (Å²) in [7, 11) is 2.78. The van der Waals surface area contributed by atoms with Crippen molar-refractivity contribution in [1.29, 1.82) is 0 Å².